The molecular formula is C46H32N2O. The molecule has 2 aliphatic rings. The van der Waals surface area contributed by atoms with Gasteiger partial charge in [-0.15, -0.1) is 0 Å². The van der Waals surface area contributed by atoms with Crippen molar-refractivity contribution < 1.29 is 4.42 Å². The molecule has 3 heterocycles. The number of benzene rings is 6. The van der Waals surface area contributed by atoms with Gasteiger partial charge in [0.2, 0.25) is 0 Å². The molecule has 3 heteroatoms. The van der Waals surface area contributed by atoms with E-state index in [1.807, 2.05) is 12.1 Å². The third-order valence-electron chi connectivity index (χ3n) is 10.5. The summed E-state index contributed by atoms with van der Waals surface area (Å²) in [6.07, 6.45) is 9.03. The molecule has 49 heavy (non-hydrogen) atoms. The van der Waals surface area contributed by atoms with E-state index in [1.165, 1.54) is 33.5 Å². The van der Waals surface area contributed by atoms with Crippen LogP contribution in [0.3, 0.4) is 0 Å². The van der Waals surface area contributed by atoms with E-state index in [2.05, 4.69) is 170 Å². The highest BCUT2D eigenvalue weighted by Gasteiger charge is 2.47. The van der Waals surface area contributed by atoms with E-state index < -0.39 is 0 Å². The molecule has 8 aromatic rings. The molecule has 0 radical (unpaired) electrons. The molecule has 1 aliphatic carbocycles. The minimum atomic E-state index is -0.243. The zero-order chi connectivity index (χ0) is 32.5. The Bertz CT molecular complexity index is 2630. The van der Waals surface area contributed by atoms with E-state index in [0.717, 1.165) is 49.8 Å². The Kier molecular flexibility index (Phi) is 6.07. The van der Waals surface area contributed by atoms with Crippen molar-refractivity contribution in [2.75, 3.05) is 4.90 Å². The molecule has 0 saturated heterocycles. The van der Waals surface area contributed by atoms with Crippen LogP contribution >= 0.6 is 0 Å². The first-order valence-corrected chi connectivity index (χ1v) is 16.9. The number of aromatic nitrogens is 1. The maximum atomic E-state index is 6.46. The summed E-state index contributed by atoms with van der Waals surface area (Å²) in [6.45, 7) is 2.35. The van der Waals surface area contributed by atoms with Crippen LogP contribution in [0.4, 0.5) is 11.5 Å². The maximum absolute atomic E-state index is 6.46. The van der Waals surface area contributed by atoms with Gasteiger partial charge in [0.1, 0.15) is 17.0 Å². The van der Waals surface area contributed by atoms with Crippen LogP contribution in [-0.2, 0) is 5.41 Å². The summed E-state index contributed by atoms with van der Waals surface area (Å²) in [5.74, 6) is 0.947. The predicted octanol–water partition coefficient (Wildman–Crippen LogP) is 12.0. The van der Waals surface area contributed by atoms with Crippen LogP contribution in [0, 0.1) is 0 Å². The van der Waals surface area contributed by atoms with Crippen molar-refractivity contribution in [2.45, 2.75) is 18.4 Å². The Balaban J connectivity index is 1.13. The van der Waals surface area contributed by atoms with Crippen molar-refractivity contribution >= 4 is 44.3 Å². The van der Waals surface area contributed by atoms with E-state index in [9.17, 15) is 0 Å². The fraction of sp³-hybridized carbons (Fsp3) is 0.0652. The number of hydrogen-bond donors (Lipinski definition) is 0. The van der Waals surface area contributed by atoms with Crippen molar-refractivity contribution in [3.8, 4) is 33.4 Å². The van der Waals surface area contributed by atoms with Gasteiger partial charge in [-0.05, 0) is 70.6 Å². The molecule has 0 fully saturated rings. The molecule has 6 aromatic carbocycles. The number of nitrogens with zero attached hydrogens (tertiary/aromatic N) is 2. The first-order chi connectivity index (χ1) is 24.2. The molecule has 232 valence electrons. The molecule has 0 amide bonds. The lowest BCUT2D eigenvalue weighted by Gasteiger charge is -2.34. The third-order valence-corrected chi connectivity index (χ3v) is 10.5. The van der Waals surface area contributed by atoms with Gasteiger partial charge in [0.15, 0.2) is 0 Å². The van der Waals surface area contributed by atoms with Gasteiger partial charge in [-0.2, -0.15) is 0 Å². The minimum Gasteiger partial charge on any atom is -0.455 e. The fourth-order valence-electron chi connectivity index (χ4n) is 8.06. The summed E-state index contributed by atoms with van der Waals surface area (Å²) < 4.78 is 6.46. The second-order valence-corrected chi connectivity index (χ2v) is 13.3. The number of rotatable bonds is 4. The van der Waals surface area contributed by atoms with E-state index in [1.54, 1.807) is 0 Å². The van der Waals surface area contributed by atoms with Crippen molar-refractivity contribution in [2.24, 2.45) is 0 Å². The number of allylic oxidation sites excluding steroid dienone is 2. The molecule has 0 N–H and O–H groups in total. The van der Waals surface area contributed by atoms with E-state index in [-0.39, 0.29) is 11.5 Å². The van der Waals surface area contributed by atoms with Gasteiger partial charge >= 0.3 is 0 Å². The van der Waals surface area contributed by atoms with E-state index >= 15 is 0 Å². The van der Waals surface area contributed by atoms with Gasteiger partial charge in [-0.1, -0.05) is 140 Å². The Morgan fingerprint density at radius 3 is 2.18 bits per heavy atom. The monoisotopic (exact) mass is 628 g/mol. The molecule has 3 nitrogen and oxygen atoms in total. The highest BCUT2D eigenvalue weighted by molar-refractivity contribution is 6.09. The molecule has 10 rings (SSSR count). The van der Waals surface area contributed by atoms with Crippen molar-refractivity contribution in [3.05, 3.63) is 175 Å². The molecule has 0 saturated carbocycles. The van der Waals surface area contributed by atoms with Crippen LogP contribution in [0.25, 0.3) is 66.2 Å². The SMILES string of the molecule is CC12C=CC=CC1N(c1cc(-c3ccc(-c4ccccc4)cc3)c3ccccc3n1)c1ccc(-c3cccc4c3oc3ccccc34)cc12. The van der Waals surface area contributed by atoms with Crippen LogP contribution in [0.5, 0.6) is 0 Å². The second kappa shape index (κ2) is 10.7. The summed E-state index contributed by atoms with van der Waals surface area (Å²) >= 11 is 0. The largest absolute Gasteiger partial charge is 0.455 e. The summed E-state index contributed by atoms with van der Waals surface area (Å²) in [4.78, 5) is 7.77. The number of anilines is 2. The molecule has 0 bridgehead atoms. The van der Waals surface area contributed by atoms with Crippen LogP contribution in [0.2, 0.25) is 0 Å². The normalized spacial score (nSPS) is 18.0. The molecule has 0 spiro atoms. The molecular weight excluding hydrogens is 597 g/mol. The Morgan fingerprint density at radius 1 is 0.592 bits per heavy atom. The van der Waals surface area contributed by atoms with E-state index in [4.69, 9.17) is 9.40 Å². The molecule has 2 aromatic heterocycles. The molecule has 2 unspecified atom stereocenters. The lowest BCUT2D eigenvalue weighted by molar-refractivity contribution is 0.549. The number of furan rings is 1. The highest BCUT2D eigenvalue weighted by Crippen LogP contribution is 2.53. The molecule has 2 atom stereocenters. The Morgan fingerprint density at radius 2 is 1.31 bits per heavy atom. The van der Waals surface area contributed by atoms with Crippen molar-refractivity contribution in [3.63, 3.8) is 0 Å². The summed E-state index contributed by atoms with van der Waals surface area (Å²) in [5, 5.41) is 3.44. The number of para-hydroxylation sites is 3. The summed E-state index contributed by atoms with van der Waals surface area (Å²) in [5.41, 5.74) is 12.1. The number of pyridine rings is 1. The number of fused-ring (bicyclic) bond motifs is 7. The average Bonchev–Trinajstić information content (AvgIpc) is 3.67. The van der Waals surface area contributed by atoms with Crippen LogP contribution in [-0.4, -0.2) is 11.0 Å². The highest BCUT2D eigenvalue weighted by atomic mass is 16.3. The zero-order valence-electron chi connectivity index (χ0n) is 27.0. The van der Waals surface area contributed by atoms with Crippen LogP contribution in [0.15, 0.2) is 174 Å². The lowest BCUT2D eigenvalue weighted by Crippen LogP contribution is -2.39. The van der Waals surface area contributed by atoms with Gasteiger partial charge in [0.25, 0.3) is 0 Å². The second-order valence-electron chi connectivity index (χ2n) is 13.3. The average molecular weight is 629 g/mol. The van der Waals surface area contributed by atoms with Gasteiger partial charge in [-0.3, -0.25) is 0 Å². The van der Waals surface area contributed by atoms with E-state index in [0.29, 0.717) is 0 Å². The predicted molar refractivity (Wildman–Crippen MR) is 203 cm³/mol. The van der Waals surface area contributed by atoms with Gasteiger partial charge in [0.05, 0.1) is 11.6 Å². The van der Waals surface area contributed by atoms with Crippen molar-refractivity contribution in [1.29, 1.82) is 0 Å². The lowest BCUT2D eigenvalue weighted by atomic mass is 9.75. The minimum absolute atomic E-state index is 0.0757. The Hall–Kier alpha value is -6.19. The topological polar surface area (TPSA) is 29.3 Å². The van der Waals surface area contributed by atoms with Crippen LogP contribution in [0.1, 0.15) is 12.5 Å². The summed E-state index contributed by atoms with van der Waals surface area (Å²) in [6, 6.07) is 52.0. The smallest absolute Gasteiger partial charge is 0.143 e. The molecule has 1 aliphatic heterocycles. The van der Waals surface area contributed by atoms with Crippen molar-refractivity contribution in [1.82, 2.24) is 4.98 Å². The van der Waals surface area contributed by atoms with Gasteiger partial charge < -0.3 is 9.32 Å². The number of hydrogen-bond acceptors (Lipinski definition) is 3. The third kappa shape index (κ3) is 4.25. The standard InChI is InChI=1S/C46H32N2O/c1-46-27-10-9-20-43(46)48(41-26-25-33(28-39(41)46)34-16-11-17-37-36-15-6-8-19-42(36)49-45(34)37)44-29-38(35-14-5-7-18-40(35)47-44)32-23-21-31(22-24-32)30-12-3-2-4-13-30/h2-29,43H,1H3. The van der Waals surface area contributed by atoms with Gasteiger partial charge in [0, 0.05) is 32.8 Å². The fourth-order valence-corrected chi connectivity index (χ4v) is 8.06. The first-order valence-electron chi connectivity index (χ1n) is 16.9. The Labute approximate surface area is 285 Å². The zero-order valence-corrected chi connectivity index (χ0v) is 27.0. The first kappa shape index (κ1) is 27.9. The van der Waals surface area contributed by atoms with Gasteiger partial charge in [-0.25, -0.2) is 4.98 Å². The quantitative estimate of drug-likeness (QED) is 0.194. The maximum Gasteiger partial charge on any atom is 0.143 e. The van der Waals surface area contributed by atoms with Crippen LogP contribution < -0.4 is 4.90 Å². The summed E-state index contributed by atoms with van der Waals surface area (Å²) in [7, 11) is 0.